The van der Waals surface area contributed by atoms with Crippen molar-refractivity contribution in [2.45, 2.75) is 32.7 Å². The van der Waals surface area contributed by atoms with E-state index in [9.17, 15) is 0 Å². The van der Waals surface area contributed by atoms with E-state index in [1.165, 1.54) is 5.56 Å². The number of nitrogens with zero attached hydrogens (tertiary/aromatic N) is 1. The Hall–Kier alpha value is -0.570. The molecular weight excluding hydrogens is 244 g/mol. The molecule has 0 aliphatic heterocycles. The molecule has 0 saturated heterocycles. The highest BCUT2D eigenvalue weighted by molar-refractivity contribution is 6.31. The van der Waals surface area contributed by atoms with Crippen molar-refractivity contribution < 1.29 is 0 Å². The van der Waals surface area contributed by atoms with Gasteiger partial charge in [0, 0.05) is 11.1 Å². The average Bonchev–Trinajstić information content (AvgIpc) is 2.40. The third-order valence-corrected chi connectivity index (χ3v) is 3.89. The van der Waals surface area contributed by atoms with Crippen LogP contribution in [0.4, 0.5) is 0 Å². The second kappa shape index (κ2) is 8.52. The van der Waals surface area contributed by atoms with Crippen molar-refractivity contribution in [1.82, 2.24) is 10.2 Å². The van der Waals surface area contributed by atoms with Gasteiger partial charge in [-0.2, -0.15) is 0 Å². The van der Waals surface area contributed by atoms with Gasteiger partial charge < -0.3 is 10.2 Å². The van der Waals surface area contributed by atoms with Crippen molar-refractivity contribution in [3.8, 4) is 0 Å². The van der Waals surface area contributed by atoms with E-state index in [0.29, 0.717) is 6.04 Å². The lowest BCUT2D eigenvalue weighted by molar-refractivity contribution is 0.283. The summed E-state index contributed by atoms with van der Waals surface area (Å²) in [5.74, 6) is 0. The molecule has 0 saturated carbocycles. The number of rotatable bonds is 8. The van der Waals surface area contributed by atoms with Gasteiger partial charge in [-0.25, -0.2) is 0 Å². The van der Waals surface area contributed by atoms with Crippen molar-refractivity contribution >= 4 is 11.6 Å². The number of likely N-dealkylation sites (N-methyl/N-ethyl adjacent to an activating group) is 1. The summed E-state index contributed by atoms with van der Waals surface area (Å²) in [5, 5.41) is 4.27. The van der Waals surface area contributed by atoms with Crippen LogP contribution in [0.25, 0.3) is 0 Å². The SMILES string of the molecule is CCN(CC)CCC(Cc1ccccc1Cl)NC. The highest BCUT2D eigenvalue weighted by atomic mass is 35.5. The molecule has 1 aromatic carbocycles. The number of benzene rings is 1. The number of hydrogen-bond acceptors (Lipinski definition) is 2. The number of nitrogens with one attached hydrogen (secondary N) is 1. The van der Waals surface area contributed by atoms with E-state index in [1.807, 2.05) is 19.2 Å². The summed E-state index contributed by atoms with van der Waals surface area (Å²) >= 11 is 6.20. The Balaban J connectivity index is 2.49. The third kappa shape index (κ3) is 4.97. The molecule has 0 fully saturated rings. The molecule has 1 unspecified atom stereocenters. The quantitative estimate of drug-likeness (QED) is 0.779. The Morgan fingerprint density at radius 1 is 1.22 bits per heavy atom. The Labute approximate surface area is 116 Å². The second-order valence-corrected chi connectivity index (χ2v) is 5.00. The van der Waals surface area contributed by atoms with Gasteiger partial charge in [-0.3, -0.25) is 0 Å². The van der Waals surface area contributed by atoms with Crippen molar-refractivity contribution in [3.05, 3.63) is 34.9 Å². The molecule has 2 nitrogen and oxygen atoms in total. The van der Waals surface area contributed by atoms with Crippen molar-refractivity contribution in [2.75, 3.05) is 26.7 Å². The third-order valence-electron chi connectivity index (χ3n) is 3.52. The summed E-state index contributed by atoms with van der Waals surface area (Å²) in [6.07, 6.45) is 2.15. The van der Waals surface area contributed by atoms with E-state index in [-0.39, 0.29) is 0 Å². The molecule has 0 heterocycles. The first-order valence-electron chi connectivity index (χ1n) is 6.84. The van der Waals surface area contributed by atoms with E-state index in [0.717, 1.165) is 37.5 Å². The fraction of sp³-hybridized carbons (Fsp3) is 0.600. The van der Waals surface area contributed by atoms with Crippen LogP contribution in [0, 0.1) is 0 Å². The van der Waals surface area contributed by atoms with E-state index in [1.54, 1.807) is 0 Å². The fourth-order valence-electron chi connectivity index (χ4n) is 2.16. The zero-order valence-electron chi connectivity index (χ0n) is 11.7. The largest absolute Gasteiger partial charge is 0.317 e. The molecule has 0 spiro atoms. The molecule has 102 valence electrons. The summed E-state index contributed by atoms with van der Waals surface area (Å²) in [6, 6.07) is 8.61. The van der Waals surface area contributed by atoms with E-state index < -0.39 is 0 Å². The first kappa shape index (κ1) is 15.5. The minimum Gasteiger partial charge on any atom is -0.317 e. The summed E-state index contributed by atoms with van der Waals surface area (Å²) in [7, 11) is 2.03. The maximum absolute atomic E-state index is 6.20. The molecule has 0 amide bonds. The van der Waals surface area contributed by atoms with Crippen LogP contribution in [-0.2, 0) is 6.42 Å². The molecule has 0 aliphatic rings. The van der Waals surface area contributed by atoms with Gasteiger partial charge in [-0.15, -0.1) is 0 Å². The molecule has 0 radical (unpaired) electrons. The van der Waals surface area contributed by atoms with Gasteiger partial charge in [-0.05, 0) is 51.2 Å². The van der Waals surface area contributed by atoms with Crippen molar-refractivity contribution in [2.24, 2.45) is 0 Å². The lowest BCUT2D eigenvalue weighted by atomic mass is 10.0. The maximum atomic E-state index is 6.20. The van der Waals surface area contributed by atoms with E-state index in [2.05, 4.69) is 36.2 Å². The van der Waals surface area contributed by atoms with Gasteiger partial charge in [0.25, 0.3) is 0 Å². The highest BCUT2D eigenvalue weighted by Gasteiger charge is 2.10. The molecule has 1 atom stereocenters. The average molecular weight is 269 g/mol. The fourth-order valence-corrected chi connectivity index (χ4v) is 2.37. The van der Waals surface area contributed by atoms with E-state index in [4.69, 9.17) is 11.6 Å². The first-order chi connectivity index (χ1) is 8.71. The van der Waals surface area contributed by atoms with Crippen molar-refractivity contribution in [1.29, 1.82) is 0 Å². The van der Waals surface area contributed by atoms with Crippen LogP contribution in [0.5, 0.6) is 0 Å². The minimum absolute atomic E-state index is 0.491. The van der Waals surface area contributed by atoms with Crippen molar-refractivity contribution in [3.63, 3.8) is 0 Å². The van der Waals surface area contributed by atoms with Crippen LogP contribution in [0.1, 0.15) is 25.8 Å². The summed E-state index contributed by atoms with van der Waals surface area (Å²) in [5.41, 5.74) is 1.23. The van der Waals surface area contributed by atoms with Gasteiger partial charge in [0.1, 0.15) is 0 Å². The standard InChI is InChI=1S/C15H25ClN2/c1-4-18(5-2)11-10-14(17-3)12-13-8-6-7-9-15(13)16/h6-9,14,17H,4-5,10-12H2,1-3H3. The molecule has 1 rings (SSSR count). The van der Waals surface area contributed by atoms with E-state index >= 15 is 0 Å². The molecule has 1 N–H and O–H groups in total. The topological polar surface area (TPSA) is 15.3 Å². The molecular formula is C15H25ClN2. The lowest BCUT2D eigenvalue weighted by Crippen LogP contribution is -2.33. The maximum Gasteiger partial charge on any atom is 0.0438 e. The normalized spacial score (nSPS) is 12.9. The van der Waals surface area contributed by atoms with Gasteiger partial charge >= 0.3 is 0 Å². The van der Waals surface area contributed by atoms with Gasteiger partial charge in [0.2, 0.25) is 0 Å². The highest BCUT2D eigenvalue weighted by Crippen LogP contribution is 2.17. The molecule has 0 aliphatic carbocycles. The molecule has 0 aromatic heterocycles. The van der Waals surface area contributed by atoms with Crippen LogP contribution in [0.15, 0.2) is 24.3 Å². The number of halogens is 1. The van der Waals surface area contributed by atoms with Crippen LogP contribution in [0.2, 0.25) is 5.02 Å². The predicted octanol–water partition coefficient (Wildman–Crippen LogP) is 3.20. The summed E-state index contributed by atoms with van der Waals surface area (Å²) in [4.78, 5) is 2.46. The predicted molar refractivity (Wildman–Crippen MR) is 80.4 cm³/mol. The van der Waals surface area contributed by atoms with Gasteiger partial charge in [0.05, 0.1) is 0 Å². The number of hydrogen-bond donors (Lipinski definition) is 1. The smallest absolute Gasteiger partial charge is 0.0438 e. The monoisotopic (exact) mass is 268 g/mol. The van der Waals surface area contributed by atoms with Crippen LogP contribution < -0.4 is 5.32 Å². The Morgan fingerprint density at radius 2 is 1.89 bits per heavy atom. The summed E-state index contributed by atoms with van der Waals surface area (Å²) in [6.45, 7) is 7.82. The zero-order valence-corrected chi connectivity index (χ0v) is 12.5. The minimum atomic E-state index is 0.491. The lowest BCUT2D eigenvalue weighted by Gasteiger charge is -2.22. The molecule has 1 aromatic rings. The summed E-state index contributed by atoms with van der Waals surface area (Å²) < 4.78 is 0. The van der Waals surface area contributed by atoms with Crippen LogP contribution in [-0.4, -0.2) is 37.6 Å². The zero-order chi connectivity index (χ0) is 13.4. The molecule has 3 heteroatoms. The van der Waals surface area contributed by atoms with Gasteiger partial charge in [-0.1, -0.05) is 43.6 Å². The van der Waals surface area contributed by atoms with Crippen LogP contribution in [0.3, 0.4) is 0 Å². The molecule has 0 bridgehead atoms. The Morgan fingerprint density at radius 3 is 2.44 bits per heavy atom. The van der Waals surface area contributed by atoms with Gasteiger partial charge in [0.15, 0.2) is 0 Å². The Bertz CT molecular complexity index is 337. The second-order valence-electron chi connectivity index (χ2n) is 4.60. The molecule has 18 heavy (non-hydrogen) atoms. The van der Waals surface area contributed by atoms with Crippen LogP contribution >= 0.6 is 11.6 Å². The Kier molecular flexibility index (Phi) is 7.33. The first-order valence-corrected chi connectivity index (χ1v) is 7.22.